The number of carbonyl (C=O) groups excluding carboxylic acids is 2. The summed E-state index contributed by atoms with van der Waals surface area (Å²) in [6, 6.07) is 15.1. The second kappa shape index (κ2) is 11.6. The highest BCUT2D eigenvalue weighted by atomic mass is 16.5. The molecule has 0 aromatic heterocycles. The van der Waals surface area contributed by atoms with Gasteiger partial charge in [0.25, 0.3) is 0 Å². The van der Waals surface area contributed by atoms with E-state index in [9.17, 15) is 14.7 Å². The lowest BCUT2D eigenvalue weighted by Gasteiger charge is -2.37. The lowest BCUT2D eigenvalue weighted by molar-refractivity contribution is -0.120. The van der Waals surface area contributed by atoms with E-state index in [0.29, 0.717) is 31.6 Å². The molecule has 4 N–H and O–H groups in total. The Morgan fingerprint density at radius 2 is 1.94 bits per heavy atom. The maximum atomic E-state index is 13.1. The van der Waals surface area contributed by atoms with Crippen LogP contribution in [0.2, 0.25) is 0 Å². The number of amides is 1. The molecule has 0 fully saturated rings. The van der Waals surface area contributed by atoms with Crippen LogP contribution in [0, 0.1) is 5.41 Å². The van der Waals surface area contributed by atoms with Gasteiger partial charge in [0.15, 0.2) is 5.78 Å². The third-order valence-electron chi connectivity index (χ3n) is 6.36. The Hall–Kier alpha value is -2.74. The number of aliphatic hydroxyl groups is 1. The van der Waals surface area contributed by atoms with Gasteiger partial charge >= 0.3 is 0 Å². The predicted molar refractivity (Wildman–Crippen MR) is 134 cm³/mol. The molecule has 2 aromatic rings. The minimum Gasteiger partial charge on any atom is -0.390 e. The summed E-state index contributed by atoms with van der Waals surface area (Å²) in [5.74, 6) is -0.0498. The van der Waals surface area contributed by atoms with Gasteiger partial charge in [0, 0.05) is 49.8 Å². The largest absolute Gasteiger partial charge is 0.390 e. The zero-order valence-electron chi connectivity index (χ0n) is 20.6. The van der Waals surface area contributed by atoms with Crippen LogP contribution in [0.5, 0.6) is 0 Å². The Bertz CT molecular complexity index is 977. The van der Waals surface area contributed by atoms with Crippen molar-refractivity contribution in [2.75, 3.05) is 32.1 Å². The van der Waals surface area contributed by atoms with Crippen molar-refractivity contribution < 1.29 is 19.4 Å². The maximum absolute atomic E-state index is 13.1. The highest BCUT2D eigenvalue weighted by Crippen LogP contribution is 2.41. The number of methoxy groups -OCH3 is 1. The SMILES string of the molecule is COCCNc1ccc2c(c1)[C@@H](NC[C@H](O)[C@H](Cc1ccccc1)NC(C)=O)CC(C)(C)C2=O. The molecule has 0 unspecified atom stereocenters. The second-order valence-corrected chi connectivity index (χ2v) is 9.66. The van der Waals surface area contributed by atoms with Gasteiger partial charge in [-0.1, -0.05) is 44.2 Å². The second-order valence-electron chi connectivity index (χ2n) is 9.66. The number of anilines is 1. The fourth-order valence-electron chi connectivity index (χ4n) is 4.54. The van der Waals surface area contributed by atoms with Gasteiger partial charge in [-0.05, 0) is 42.2 Å². The summed E-state index contributed by atoms with van der Waals surface area (Å²) in [5, 5.41) is 20.7. The van der Waals surface area contributed by atoms with Crippen LogP contribution in [0.1, 0.15) is 54.7 Å². The van der Waals surface area contributed by atoms with Crippen molar-refractivity contribution in [1.29, 1.82) is 0 Å². The smallest absolute Gasteiger partial charge is 0.217 e. The summed E-state index contributed by atoms with van der Waals surface area (Å²) in [6.07, 6.45) is 0.356. The molecule has 184 valence electrons. The maximum Gasteiger partial charge on any atom is 0.217 e. The van der Waals surface area contributed by atoms with Crippen molar-refractivity contribution in [3.8, 4) is 0 Å². The minimum absolute atomic E-state index is 0.101. The molecule has 0 radical (unpaired) electrons. The summed E-state index contributed by atoms with van der Waals surface area (Å²) < 4.78 is 5.11. The average molecular weight is 468 g/mol. The number of nitrogens with one attached hydrogen (secondary N) is 3. The fraction of sp³-hybridized carbons (Fsp3) is 0.481. The first-order chi connectivity index (χ1) is 16.2. The van der Waals surface area contributed by atoms with E-state index >= 15 is 0 Å². The number of Topliss-reactive ketones (excluding diaryl/α,β-unsaturated/α-hetero) is 1. The van der Waals surface area contributed by atoms with Crippen molar-refractivity contribution in [3.63, 3.8) is 0 Å². The topological polar surface area (TPSA) is 99.7 Å². The highest BCUT2D eigenvalue weighted by Gasteiger charge is 2.39. The molecular weight excluding hydrogens is 430 g/mol. The van der Waals surface area contributed by atoms with E-state index in [0.717, 1.165) is 16.8 Å². The molecule has 1 aliphatic rings. The first kappa shape index (κ1) is 25.9. The number of ketones is 1. The third-order valence-corrected chi connectivity index (χ3v) is 6.36. The van der Waals surface area contributed by atoms with E-state index in [-0.39, 0.29) is 24.3 Å². The normalized spacial score (nSPS) is 18.6. The van der Waals surface area contributed by atoms with Crippen LogP contribution >= 0.6 is 0 Å². The van der Waals surface area contributed by atoms with Gasteiger partial charge in [0.1, 0.15) is 0 Å². The average Bonchev–Trinajstić information content (AvgIpc) is 2.80. The van der Waals surface area contributed by atoms with E-state index < -0.39 is 17.6 Å². The van der Waals surface area contributed by atoms with E-state index in [1.165, 1.54) is 6.92 Å². The number of fused-ring (bicyclic) bond motifs is 1. The first-order valence-corrected chi connectivity index (χ1v) is 11.9. The van der Waals surface area contributed by atoms with E-state index in [1.807, 2.05) is 62.4 Å². The summed E-state index contributed by atoms with van der Waals surface area (Å²) >= 11 is 0. The molecule has 3 atom stereocenters. The molecule has 1 aliphatic carbocycles. The standard InChI is InChI=1S/C27H37N3O4/c1-18(31)30-23(14-19-8-6-5-7-9-19)25(32)17-29-24-16-27(2,3)26(33)21-11-10-20(15-22(21)24)28-12-13-34-4/h5-11,15,23-25,28-29,32H,12-14,16-17H2,1-4H3,(H,30,31)/t23-,24-,25-/m0/s1. The number of rotatable bonds is 11. The van der Waals surface area contributed by atoms with Gasteiger partial charge in [-0.3, -0.25) is 9.59 Å². The Kier molecular flexibility index (Phi) is 8.83. The van der Waals surface area contributed by atoms with Crippen LogP contribution in [0.3, 0.4) is 0 Å². The number of ether oxygens (including phenoxy) is 1. The number of hydrogen-bond donors (Lipinski definition) is 4. The molecule has 0 bridgehead atoms. The van der Waals surface area contributed by atoms with Gasteiger partial charge < -0.3 is 25.8 Å². The van der Waals surface area contributed by atoms with Crippen LogP contribution in [0.15, 0.2) is 48.5 Å². The summed E-state index contributed by atoms with van der Waals surface area (Å²) in [4.78, 5) is 24.9. The lowest BCUT2D eigenvalue weighted by Crippen LogP contribution is -2.49. The Morgan fingerprint density at radius 1 is 1.21 bits per heavy atom. The molecule has 0 saturated carbocycles. The summed E-state index contributed by atoms with van der Waals surface area (Å²) in [6.45, 7) is 6.93. The molecule has 1 amide bonds. The van der Waals surface area contributed by atoms with Crippen molar-refractivity contribution in [2.45, 2.75) is 51.8 Å². The first-order valence-electron chi connectivity index (χ1n) is 11.9. The quantitative estimate of drug-likeness (QED) is 0.379. The minimum atomic E-state index is -0.795. The van der Waals surface area contributed by atoms with Crippen LogP contribution in [0.4, 0.5) is 5.69 Å². The zero-order chi connectivity index (χ0) is 24.7. The molecule has 7 heteroatoms. The van der Waals surface area contributed by atoms with E-state index in [1.54, 1.807) is 7.11 Å². The number of aliphatic hydroxyl groups excluding tert-OH is 1. The Morgan fingerprint density at radius 3 is 2.62 bits per heavy atom. The lowest BCUT2D eigenvalue weighted by atomic mass is 9.71. The van der Waals surface area contributed by atoms with Crippen LogP contribution in [-0.4, -0.2) is 55.7 Å². The molecule has 7 nitrogen and oxygen atoms in total. The number of carbonyl (C=O) groups is 2. The Balaban J connectivity index is 1.76. The summed E-state index contributed by atoms with van der Waals surface area (Å²) in [5.41, 5.74) is 3.10. The van der Waals surface area contributed by atoms with Gasteiger partial charge in [0.2, 0.25) is 5.91 Å². The van der Waals surface area contributed by atoms with E-state index in [2.05, 4.69) is 16.0 Å². The van der Waals surface area contributed by atoms with E-state index in [4.69, 9.17) is 4.74 Å². The van der Waals surface area contributed by atoms with Crippen molar-refractivity contribution in [2.24, 2.45) is 5.41 Å². The van der Waals surface area contributed by atoms with Gasteiger partial charge in [-0.2, -0.15) is 0 Å². The summed E-state index contributed by atoms with van der Waals surface area (Å²) in [7, 11) is 1.66. The highest BCUT2D eigenvalue weighted by molar-refractivity contribution is 6.03. The van der Waals surface area contributed by atoms with Crippen LogP contribution in [0.25, 0.3) is 0 Å². The molecule has 0 spiro atoms. The van der Waals surface area contributed by atoms with Gasteiger partial charge in [-0.25, -0.2) is 0 Å². The molecule has 2 aromatic carbocycles. The van der Waals surface area contributed by atoms with Crippen molar-refractivity contribution >= 4 is 17.4 Å². The zero-order valence-corrected chi connectivity index (χ0v) is 20.6. The number of benzene rings is 2. The molecule has 3 rings (SSSR count). The fourth-order valence-corrected chi connectivity index (χ4v) is 4.54. The van der Waals surface area contributed by atoms with Crippen molar-refractivity contribution in [3.05, 3.63) is 65.2 Å². The molecule has 0 heterocycles. The van der Waals surface area contributed by atoms with Gasteiger partial charge in [-0.15, -0.1) is 0 Å². The monoisotopic (exact) mass is 467 g/mol. The molecule has 34 heavy (non-hydrogen) atoms. The third kappa shape index (κ3) is 6.65. The molecule has 0 saturated heterocycles. The number of hydrogen-bond acceptors (Lipinski definition) is 6. The molecular formula is C27H37N3O4. The Labute approximate surface area is 202 Å². The molecule has 0 aliphatic heterocycles. The van der Waals surface area contributed by atoms with Crippen LogP contribution in [-0.2, 0) is 16.0 Å². The van der Waals surface area contributed by atoms with Crippen LogP contribution < -0.4 is 16.0 Å². The van der Waals surface area contributed by atoms with Crippen molar-refractivity contribution in [1.82, 2.24) is 10.6 Å². The predicted octanol–water partition coefficient (Wildman–Crippen LogP) is 3.10. The van der Waals surface area contributed by atoms with Gasteiger partial charge in [0.05, 0.1) is 18.8 Å².